The molecule has 0 bridgehead atoms. The Morgan fingerprint density at radius 3 is 1.43 bits per heavy atom. The number of rotatable bonds is 22. The summed E-state index contributed by atoms with van der Waals surface area (Å²) in [6, 6.07) is -0.249. The van der Waals surface area contributed by atoms with Gasteiger partial charge in [-0.15, -0.1) is 0 Å². The highest BCUT2D eigenvalue weighted by Gasteiger charge is 2.13. The number of aliphatic carboxylic acids is 1. The lowest BCUT2D eigenvalue weighted by Gasteiger charge is -2.25. The molecule has 0 radical (unpaired) electrons. The summed E-state index contributed by atoms with van der Waals surface area (Å²) in [5, 5.41) is 8.97. The number of carboxylic acids is 1. The molecule has 4 heteroatoms. The van der Waals surface area contributed by atoms with Crippen molar-refractivity contribution in [3.8, 4) is 0 Å². The SMILES string of the molecule is CCCCCCCCCCN(CCCCCCCCCC)C[C@H](N)CC(=O)O. The first-order valence-electron chi connectivity index (χ1n) is 12.3. The van der Waals surface area contributed by atoms with Crippen LogP contribution in [0.5, 0.6) is 0 Å². The molecule has 168 valence electrons. The molecule has 0 fully saturated rings. The number of unbranched alkanes of at least 4 members (excludes halogenated alkanes) is 14. The van der Waals surface area contributed by atoms with E-state index < -0.39 is 5.97 Å². The molecule has 0 saturated heterocycles. The van der Waals surface area contributed by atoms with Gasteiger partial charge in [0.2, 0.25) is 0 Å². The molecule has 0 saturated carbocycles. The largest absolute Gasteiger partial charge is 0.481 e. The molecule has 4 nitrogen and oxygen atoms in total. The Labute approximate surface area is 175 Å². The van der Waals surface area contributed by atoms with E-state index in [2.05, 4.69) is 18.7 Å². The maximum Gasteiger partial charge on any atom is 0.304 e. The Morgan fingerprint density at radius 2 is 1.07 bits per heavy atom. The van der Waals surface area contributed by atoms with Gasteiger partial charge in [-0.3, -0.25) is 4.79 Å². The Balaban J connectivity index is 3.92. The van der Waals surface area contributed by atoms with Gasteiger partial charge in [0.05, 0.1) is 6.42 Å². The summed E-state index contributed by atoms with van der Waals surface area (Å²) < 4.78 is 0. The van der Waals surface area contributed by atoms with Crippen LogP contribution in [0.4, 0.5) is 0 Å². The molecular weight excluding hydrogens is 348 g/mol. The monoisotopic (exact) mass is 398 g/mol. The molecular formula is C24H50N2O2. The molecule has 0 unspecified atom stereocenters. The second kappa shape index (κ2) is 21.1. The van der Waals surface area contributed by atoms with E-state index in [1.165, 1.54) is 103 Å². The number of hydrogen-bond donors (Lipinski definition) is 2. The van der Waals surface area contributed by atoms with Crippen molar-refractivity contribution in [3.05, 3.63) is 0 Å². The van der Waals surface area contributed by atoms with E-state index in [-0.39, 0.29) is 12.5 Å². The number of nitrogens with two attached hydrogens (primary N) is 1. The van der Waals surface area contributed by atoms with Crippen LogP contribution in [-0.4, -0.2) is 41.7 Å². The van der Waals surface area contributed by atoms with Gasteiger partial charge >= 0.3 is 5.97 Å². The fourth-order valence-electron chi connectivity index (χ4n) is 3.85. The summed E-state index contributed by atoms with van der Waals surface area (Å²) >= 11 is 0. The molecule has 0 aromatic rings. The molecule has 0 aromatic carbocycles. The standard InChI is InChI=1S/C24H50N2O2/c1-3-5-7-9-11-13-15-17-19-26(22-23(25)21-24(27)28)20-18-16-14-12-10-8-6-4-2/h23H,3-22,25H2,1-2H3,(H,27,28)/t23-/m1/s1. The smallest absolute Gasteiger partial charge is 0.304 e. The van der Waals surface area contributed by atoms with Gasteiger partial charge in [-0.1, -0.05) is 104 Å². The molecule has 28 heavy (non-hydrogen) atoms. The normalized spacial score (nSPS) is 12.6. The van der Waals surface area contributed by atoms with Gasteiger partial charge < -0.3 is 15.7 Å². The third-order valence-corrected chi connectivity index (χ3v) is 5.59. The number of carboxylic acid groups (broad SMARTS) is 1. The van der Waals surface area contributed by atoms with E-state index in [4.69, 9.17) is 10.8 Å². The first kappa shape index (κ1) is 27.4. The van der Waals surface area contributed by atoms with Crippen LogP contribution in [0.1, 0.15) is 123 Å². The maximum absolute atomic E-state index is 10.9. The number of nitrogens with zero attached hydrogens (tertiary/aromatic N) is 1. The molecule has 0 rings (SSSR count). The van der Waals surface area contributed by atoms with Crippen LogP contribution >= 0.6 is 0 Å². The minimum absolute atomic E-state index is 0.0748. The van der Waals surface area contributed by atoms with E-state index >= 15 is 0 Å². The van der Waals surface area contributed by atoms with Crippen LogP contribution < -0.4 is 5.73 Å². The summed E-state index contributed by atoms with van der Waals surface area (Å²) in [4.78, 5) is 13.3. The summed E-state index contributed by atoms with van der Waals surface area (Å²) in [7, 11) is 0. The summed E-state index contributed by atoms with van der Waals surface area (Å²) in [6.45, 7) is 7.38. The minimum Gasteiger partial charge on any atom is -0.481 e. The van der Waals surface area contributed by atoms with Crippen LogP contribution in [0, 0.1) is 0 Å². The zero-order valence-electron chi connectivity index (χ0n) is 19.1. The van der Waals surface area contributed by atoms with E-state index in [1.54, 1.807) is 0 Å². The second-order valence-corrected chi connectivity index (χ2v) is 8.61. The predicted octanol–water partition coefficient (Wildman–Crippen LogP) is 6.37. The van der Waals surface area contributed by atoms with Crippen LogP contribution in [0.2, 0.25) is 0 Å². The summed E-state index contributed by atoms with van der Waals surface area (Å²) in [6.07, 6.45) is 21.3. The van der Waals surface area contributed by atoms with E-state index in [0.717, 1.165) is 19.6 Å². The third kappa shape index (κ3) is 20.1. The zero-order valence-corrected chi connectivity index (χ0v) is 19.1. The topological polar surface area (TPSA) is 66.6 Å². The van der Waals surface area contributed by atoms with Crippen molar-refractivity contribution in [2.75, 3.05) is 19.6 Å². The number of hydrogen-bond acceptors (Lipinski definition) is 3. The van der Waals surface area contributed by atoms with Gasteiger partial charge in [0.15, 0.2) is 0 Å². The van der Waals surface area contributed by atoms with E-state index in [1.807, 2.05) is 0 Å². The lowest BCUT2D eigenvalue weighted by atomic mass is 10.1. The van der Waals surface area contributed by atoms with Crippen molar-refractivity contribution in [2.45, 2.75) is 129 Å². The van der Waals surface area contributed by atoms with Gasteiger partial charge in [-0.2, -0.15) is 0 Å². The highest BCUT2D eigenvalue weighted by molar-refractivity contribution is 5.67. The van der Waals surface area contributed by atoms with Gasteiger partial charge in [0.25, 0.3) is 0 Å². The molecule has 0 aromatic heterocycles. The van der Waals surface area contributed by atoms with Crippen LogP contribution in [0.15, 0.2) is 0 Å². The summed E-state index contributed by atoms with van der Waals surface area (Å²) in [5.74, 6) is -0.786. The van der Waals surface area contributed by atoms with Gasteiger partial charge in [0.1, 0.15) is 0 Å². The highest BCUT2D eigenvalue weighted by atomic mass is 16.4. The molecule has 0 aliphatic rings. The van der Waals surface area contributed by atoms with Crippen LogP contribution in [0.25, 0.3) is 0 Å². The first-order valence-corrected chi connectivity index (χ1v) is 12.3. The van der Waals surface area contributed by atoms with Crippen molar-refractivity contribution < 1.29 is 9.90 Å². The van der Waals surface area contributed by atoms with Gasteiger partial charge in [-0.25, -0.2) is 0 Å². The highest BCUT2D eigenvalue weighted by Crippen LogP contribution is 2.11. The third-order valence-electron chi connectivity index (χ3n) is 5.59. The molecule has 0 spiro atoms. The lowest BCUT2D eigenvalue weighted by Crippen LogP contribution is -2.39. The fourth-order valence-corrected chi connectivity index (χ4v) is 3.85. The summed E-state index contributed by atoms with van der Waals surface area (Å²) in [5.41, 5.74) is 6.05. The average molecular weight is 399 g/mol. The predicted molar refractivity (Wildman–Crippen MR) is 122 cm³/mol. The molecule has 0 aliphatic carbocycles. The lowest BCUT2D eigenvalue weighted by molar-refractivity contribution is -0.137. The van der Waals surface area contributed by atoms with Crippen molar-refractivity contribution in [2.24, 2.45) is 5.73 Å². The van der Waals surface area contributed by atoms with Crippen molar-refractivity contribution >= 4 is 5.97 Å². The van der Waals surface area contributed by atoms with Gasteiger partial charge in [0, 0.05) is 12.6 Å². The van der Waals surface area contributed by atoms with E-state index in [9.17, 15) is 4.79 Å². The molecule has 0 aliphatic heterocycles. The minimum atomic E-state index is -0.786. The second-order valence-electron chi connectivity index (χ2n) is 8.61. The van der Waals surface area contributed by atoms with Crippen molar-refractivity contribution in [3.63, 3.8) is 0 Å². The van der Waals surface area contributed by atoms with Crippen molar-refractivity contribution in [1.29, 1.82) is 0 Å². The Kier molecular flexibility index (Phi) is 20.6. The Bertz CT molecular complexity index is 317. The maximum atomic E-state index is 10.9. The molecule has 0 amide bonds. The molecule has 3 N–H and O–H groups in total. The quantitative estimate of drug-likeness (QED) is 0.208. The zero-order chi connectivity index (χ0) is 20.9. The molecule has 0 heterocycles. The number of carbonyl (C=O) groups is 1. The fraction of sp³-hybridized carbons (Fsp3) is 0.958. The van der Waals surface area contributed by atoms with Crippen molar-refractivity contribution in [1.82, 2.24) is 4.90 Å². The Hall–Kier alpha value is -0.610. The van der Waals surface area contributed by atoms with Crippen LogP contribution in [0.3, 0.4) is 0 Å². The average Bonchev–Trinajstić information content (AvgIpc) is 2.65. The Morgan fingerprint density at radius 1 is 0.714 bits per heavy atom. The molecule has 1 atom stereocenters. The van der Waals surface area contributed by atoms with E-state index in [0.29, 0.717) is 0 Å². The first-order chi connectivity index (χ1) is 13.6. The van der Waals surface area contributed by atoms with Gasteiger partial charge in [-0.05, 0) is 25.9 Å². The van der Waals surface area contributed by atoms with Crippen LogP contribution in [-0.2, 0) is 4.79 Å².